The molecule has 0 aromatic heterocycles. The number of imide groups is 1. The monoisotopic (exact) mass is 246 g/mol. The minimum atomic E-state index is -0.0928. The number of allylic oxidation sites excluding steroid dienone is 2. The second-order valence-electron chi connectivity index (χ2n) is 5.23. The molecule has 2 aliphatic heterocycles. The largest absolute Gasteiger partial charge is 0.313 e. The van der Waals surface area contributed by atoms with Gasteiger partial charge in [0.15, 0.2) is 0 Å². The smallest absolute Gasteiger partial charge is 0.233 e. The van der Waals surface area contributed by atoms with Gasteiger partial charge in [-0.1, -0.05) is 23.8 Å². The van der Waals surface area contributed by atoms with Gasteiger partial charge in [-0.25, -0.2) is 0 Å². The molecule has 1 saturated heterocycles. The van der Waals surface area contributed by atoms with Crippen LogP contribution in [0.15, 0.2) is 23.8 Å². The number of carbonyl (C=O) groups excluding carboxylic acids is 2. The lowest BCUT2D eigenvalue weighted by Gasteiger charge is -2.20. The lowest BCUT2D eigenvalue weighted by molar-refractivity contribution is -0.139. The Morgan fingerprint density at radius 2 is 1.83 bits per heavy atom. The topological polar surface area (TPSA) is 49.4 Å². The molecule has 4 nitrogen and oxygen atoms in total. The van der Waals surface area contributed by atoms with Crippen LogP contribution >= 0.6 is 0 Å². The first kappa shape index (κ1) is 11.7. The zero-order valence-electron chi connectivity index (χ0n) is 10.4. The summed E-state index contributed by atoms with van der Waals surface area (Å²) in [6, 6.07) is 0. The van der Waals surface area contributed by atoms with Crippen molar-refractivity contribution in [2.75, 3.05) is 19.6 Å². The molecule has 0 saturated carbocycles. The predicted molar refractivity (Wildman–Crippen MR) is 67.6 cm³/mol. The Labute approximate surface area is 107 Å². The fraction of sp³-hybridized carbons (Fsp3) is 0.571. The Balaban J connectivity index is 1.75. The third kappa shape index (κ3) is 1.90. The molecular weight excluding hydrogens is 228 g/mol. The molecule has 3 rings (SSSR count). The molecule has 4 heteroatoms. The van der Waals surface area contributed by atoms with Crippen LogP contribution in [0.2, 0.25) is 0 Å². The zero-order valence-corrected chi connectivity index (χ0v) is 10.4. The first-order valence-corrected chi connectivity index (χ1v) is 6.66. The summed E-state index contributed by atoms with van der Waals surface area (Å²) in [6.45, 7) is 2.29. The highest BCUT2D eigenvalue weighted by Gasteiger charge is 2.47. The Morgan fingerprint density at radius 3 is 2.39 bits per heavy atom. The maximum Gasteiger partial charge on any atom is 0.233 e. The predicted octanol–water partition coefficient (Wildman–Crippen LogP) is 0.857. The third-order valence-corrected chi connectivity index (χ3v) is 4.12. The average Bonchev–Trinajstić information content (AvgIpc) is 2.66. The van der Waals surface area contributed by atoms with Gasteiger partial charge in [-0.05, 0) is 25.8 Å². The minimum Gasteiger partial charge on any atom is -0.313 e. The van der Waals surface area contributed by atoms with E-state index in [1.54, 1.807) is 0 Å². The highest BCUT2D eigenvalue weighted by atomic mass is 16.2. The first-order chi connectivity index (χ1) is 8.77. The summed E-state index contributed by atoms with van der Waals surface area (Å²) in [6.07, 6.45) is 8.55. The Bertz CT molecular complexity index is 413. The fourth-order valence-electron chi connectivity index (χ4n) is 3.04. The minimum absolute atomic E-state index is 0.0359. The maximum absolute atomic E-state index is 12.3. The summed E-state index contributed by atoms with van der Waals surface area (Å²) in [5, 5.41) is 3.24. The number of hydrogen-bond acceptors (Lipinski definition) is 3. The number of likely N-dealkylation sites (tertiary alicyclic amines) is 1. The van der Waals surface area contributed by atoms with Crippen molar-refractivity contribution in [3.05, 3.63) is 23.8 Å². The maximum atomic E-state index is 12.3. The van der Waals surface area contributed by atoms with Gasteiger partial charge in [0.2, 0.25) is 11.8 Å². The molecule has 18 heavy (non-hydrogen) atoms. The standard InChI is InChI=1S/C14H18N2O2/c17-13-11-3-1-2-4-12(11)14(18)16(13)9-10-5-7-15-8-6-10/h1-2,5,11-12,15H,3-4,6-9H2/t11-,12+. The Hall–Kier alpha value is -1.42. The molecule has 3 aliphatic rings. The molecule has 0 radical (unpaired) electrons. The molecule has 1 fully saturated rings. The summed E-state index contributed by atoms with van der Waals surface area (Å²) >= 11 is 0. The van der Waals surface area contributed by atoms with E-state index in [1.807, 2.05) is 12.2 Å². The van der Waals surface area contributed by atoms with E-state index in [2.05, 4.69) is 11.4 Å². The van der Waals surface area contributed by atoms with Crippen LogP contribution in [-0.4, -0.2) is 36.3 Å². The van der Waals surface area contributed by atoms with Crippen LogP contribution in [0.5, 0.6) is 0 Å². The highest BCUT2D eigenvalue weighted by molar-refractivity contribution is 6.05. The summed E-state index contributed by atoms with van der Waals surface area (Å²) in [5.74, 6) is -0.114. The number of carbonyl (C=O) groups is 2. The summed E-state index contributed by atoms with van der Waals surface area (Å²) in [4.78, 5) is 26.0. The molecule has 96 valence electrons. The van der Waals surface area contributed by atoms with Gasteiger partial charge in [-0.2, -0.15) is 0 Å². The van der Waals surface area contributed by atoms with E-state index < -0.39 is 0 Å². The van der Waals surface area contributed by atoms with E-state index in [4.69, 9.17) is 0 Å². The number of nitrogens with one attached hydrogen (secondary N) is 1. The molecule has 1 aliphatic carbocycles. The van der Waals surface area contributed by atoms with Crippen molar-refractivity contribution in [1.82, 2.24) is 10.2 Å². The van der Waals surface area contributed by atoms with Crippen LogP contribution in [0, 0.1) is 11.8 Å². The van der Waals surface area contributed by atoms with Gasteiger partial charge >= 0.3 is 0 Å². The SMILES string of the molecule is O=C1[C@H]2CC=CC[C@H]2C(=O)N1CC1=CCNCC1. The van der Waals surface area contributed by atoms with Crippen molar-refractivity contribution in [1.29, 1.82) is 0 Å². The normalized spacial score (nSPS) is 31.6. The van der Waals surface area contributed by atoms with E-state index in [9.17, 15) is 9.59 Å². The van der Waals surface area contributed by atoms with Gasteiger partial charge in [-0.15, -0.1) is 0 Å². The average molecular weight is 246 g/mol. The van der Waals surface area contributed by atoms with Gasteiger partial charge < -0.3 is 5.32 Å². The van der Waals surface area contributed by atoms with E-state index in [0.29, 0.717) is 6.54 Å². The summed E-state index contributed by atoms with van der Waals surface area (Å²) < 4.78 is 0. The van der Waals surface area contributed by atoms with E-state index in [1.165, 1.54) is 10.5 Å². The molecule has 0 spiro atoms. The van der Waals surface area contributed by atoms with Crippen LogP contribution < -0.4 is 5.32 Å². The quantitative estimate of drug-likeness (QED) is 0.580. The second-order valence-corrected chi connectivity index (χ2v) is 5.23. The molecule has 1 N–H and O–H groups in total. The van der Waals surface area contributed by atoms with E-state index >= 15 is 0 Å². The number of rotatable bonds is 2. The molecule has 0 aromatic rings. The molecular formula is C14H18N2O2. The van der Waals surface area contributed by atoms with Crippen molar-refractivity contribution in [3.63, 3.8) is 0 Å². The third-order valence-electron chi connectivity index (χ3n) is 4.12. The van der Waals surface area contributed by atoms with Crippen molar-refractivity contribution in [3.8, 4) is 0 Å². The molecule has 0 unspecified atom stereocenters. The number of nitrogens with zero attached hydrogens (tertiary/aromatic N) is 1. The van der Waals surface area contributed by atoms with Crippen LogP contribution in [0.1, 0.15) is 19.3 Å². The molecule has 2 heterocycles. The van der Waals surface area contributed by atoms with Crippen molar-refractivity contribution < 1.29 is 9.59 Å². The van der Waals surface area contributed by atoms with Crippen LogP contribution in [0.25, 0.3) is 0 Å². The second kappa shape index (κ2) is 4.69. The zero-order chi connectivity index (χ0) is 12.5. The van der Waals surface area contributed by atoms with Gasteiger partial charge in [0.25, 0.3) is 0 Å². The molecule has 0 aromatic carbocycles. The van der Waals surface area contributed by atoms with Crippen molar-refractivity contribution in [2.45, 2.75) is 19.3 Å². The van der Waals surface area contributed by atoms with Gasteiger partial charge in [0, 0.05) is 13.1 Å². The van der Waals surface area contributed by atoms with Gasteiger partial charge in [-0.3, -0.25) is 14.5 Å². The summed E-state index contributed by atoms with van der Waals surface area (Å²) in [7, 11) is 0. The molecule has 0 bridgehead atoms. The Kier molecular flexibility index (Phi) is 3.04. The highest BCUT2D eigenvalue weighted by Crippen LogP contribution is 2.35. The molecule has 2 amide bonds. The fourth-order valence-corrected chi connectivity index (χ4v) is 3.04. The van der Waals surface area contributed by atoms with Crippen LogP contribution in [-0.2, 0) is 9.59 Å². The van der Waals surface area contributed by atoms with Gasteiger partial charge in [0.05, 0.1) is 11.8 Å². The van der Waals surface area contributed by atoms with E-state index in [-0.39, 0.29) is 23.7 Å². The van der Waals surface area contributed by atoms with Crippen molar-refractivity contribution in [2.24, 2.45) is 11.8 Å². The number of hydrogen-bond donors (Lipinski definition) is 1. The van der Waals surface area contributed by atoms with Crippen LogP contribution in [0.3, 0.4) is 0 Å². The van der Waals surface area contributed by atoms with Crippen LogP contribution in [0.4, 0.5) is 0 Å². The number of fused-ring (bicyclic) bond motifs is 1. The molecule has 2 atom stereocenters. The van der Waals surface area contributed by atoms with Gasteiger partial charge in [0.1, 0.15) is 0 Å². The number of amides is 2. The van der Waals surface area contributed by atoms with E-state index in [0.717, 1.165) is 32.4 Å². The Morgan fingerprint density at radius 1 is 1.17 bits per heavy atom. The lowest BCUT2D eigenvalue weighted by atomic mass is 9.85. The first-order valence-electron chi connectivity index (χ1n) is 6.66. The van der Waals surface area contributed by atoms with Crippen molar-refractivity contribution >= 4 is 11.8 Å². The lowest BCUT2D eigenvalue weighted by Crippen LogP contribution is -2.35. The summed E-state index contributed by atoms with van der Waals surface area (Å²) in [5.41, 5.74) is 1.21.